The van der Waals surface area contributed by atoms with Gasteiger partial charge in [-0.2, -0.15) is 4.98 Å². The number of aromatic nitrogens is 2. The lowest BCUT2D eigenvalue weighted by atomic mass is 10.2. The van der Waals surface area contributed by atoms with Crippen LogP contribution in [0, 0.1) is 0 Å². The maximum Gasteiger partial charge on any atom is 0.225 e. The van der Waals surface area contributed by atoms with E-state index >= 15 is 0 Å². The van der Waals surface area contributed by atoms with E-state index in [0.29, 0.717) is 19.1 Å². The first-order chi connectivity index (χ1) is 10.2. The van der Waals surface area contributed by atoms with Crippen molar-refractivity contribution < 1.29 is 9.84 Å². The molecule has 21 heavy (non-hydrogen) atoms. The van der Waals surface area contributed by atoms with Crippen LogP contribution in [0.1, 0.15) is 6.92 Å². The molecule has 0 fully saturated rings. The fraction of sp³-hybridized carbons (Fsp3) is 0.467. The smallest absolute Gasteiger partial charge is 0.225 e. The number of likely N-dealkylation sites (N-methyl/N-ethyl adjacent to an activating group) is 1. The van der Waals surface area contributed by atoms with Crippen LogP contribution in [0.15, 0.2) is 24.3 Å². The van der Waals surface area contributed by atoms with Crippen molar-refractivity contribution in [3.8, 4) is 0 Å². The van der Waals surface area contributed by atoms with E-state index in [2.05, 4.69) is 15.3 Å². The summed E-state index contributed by atoms with van der Waals surface area (Å²) in [5.41, 5.74) is 0.881. The van der Waals surface area contributed by atoms with Crippen LogP contribution in [0.4, 0.5) is 11.8 Å². The van der Waals surface area contributed by atoms with Gasteiger partial charge in [0.2, 0.25) is 5.95 Å². The van der Waals surface area contributed by atoms with E-state index in [0.717, 1.165) is 23.3 Å². The second kappa shape index (κ2) is 7.19. The molecule has 0 saturated carbocycles. The fourth-order valence-corrected chi connectivity index (χ4v) is 2.24. The van der Waals surface area contributed by atoms with Crippen molar-refractivity contribution in [3.63, 3.8) is 0 Å². The monoisotopic (exact) mass is 290 g/mol. The summed E-state index contributed by atoms with van der Waals surface area (Å²) in [6, 6.07) is 7.86. The third-order valence-electron chi connectivity index (χ3n) is 3.12. The lowest BCUT2D eigenvalue weighted by Gasteiger charge is -2.23. The second-order valence-corrected chi connectivity index (χ2v) is 4.91. The van der Waals surface area contributed by atoms with Gasteiger partial charge in [0.05, 0.1) is 18.2 Å². The van der Waals surface area contributed by atoms with Gasteiger partial charge in [0.15, 0.2) is 0 Å². The molecule has 0 radical (unpaired) electrons. The zero-order valence-corrected chi connectivity index (χ0v) is 12.7. The number of aliphatic hydroxyl groups excluding tert-OH is 1. The van der Waals surface area contributed by atoms with Crippen LogP contribution in [-0.2, 0) is 4.74 Å². The first-order valence-corrected chi connectivity index (χ1v) is 7.04. The van der Waals surface area contributed by atoms with Crippen LogP contribution in [0.2, 0.25) is 0 Å². The van der Waals surface area contributed by atoms with Gasteiger partial charge in [-0.25, -0.2) is 4.98 Å². The SMILES string of the molecule is CCNc1nc(N(C)CC(O)COC)c2ccccc2n1. The van der Waals surface area contributed by atoms with E-state index in [1.54, 1.807) is 7.11 Å². The molecular formula is C15H22N4O2. The van der Waals surface area contributed by atoms with Gasteiger partial charge in [-0.1, -0.05) is 12.1 Å². The number of ether oxygens (including phenoxy) is 1. The molecule has 1 aromatic heterocycles. The standard InChI is InChI=1S/C15H22N4O2/c1-4-16-15-17-13-8-6-5-7-12(13)14(18-15)19(2)9-11(20)10-21-3/h5-8,11,20H,4,9-10H2,1-3H3,(H,16,17,18). The molecule has 0 bridgehead atoms. The highest BCUT2D eigenvalue weighted by Gasteiger charge is 2.14. The zero-order chi connectivity index (χ0) is 15.2. The van der Waals surface area contributed by atoms with Crippen LogP contribution in [0.3, 0.4) is 0 Å². The Hall–Kier alpha value is -1.92. The van der Waals surface area contributed by atoms with E-state index < -0.39 is 6.10 Å². The summed E-state index contributed by atoms with van der Waals surface area (Å²) in [6.07, 6.45) is -0.559. The Morgan fingerprint density at radius 1 is 1.33 bits per heavy atom. The van der Waals surface area contributed by atoms with Crippen molar-refractivity contribution in [2.75, 3.05) is 44.1 Å². The van der Waals surface area contributed by atoms with Crippen molar-refractivity contribution in [1.29, 1.82) is 0 Å². The van der Waals surface area contributed by atoms with E-state index in [4.69, 9.17) is 4.74 Å². The third kappa shape index (κ3) is 3.80. The number of para-hydroxylation sites is 1. The first-order valence-electron chi connectivity index (χ1n) is 7.04. The van der Waals surface area contributed by atoms with Crippen LogP contribution in [0.5, 0.6) is 0 Å². The van der Waals surface area contributed by atoms with Crippen molar-refractivity contribution >= 4 is 22.7 Å². The highest BCUT2D eigenvalue weighted by Crippen LogP contribution is 2.24. The summed E-state index contributed by atoms with van der Waals surface area (Å²) in [6.45, 7) is 3.51. The summed E-state index contributed by atoms with van der Waals surface area (Å²) in [5, 5.41) is 14.0. The molecule has 0 spiro atoms. The molecule has 0 amide bonds. The van der Waals surface area contributed by atoms with Crippen LogP contribution in [0.25, 0.3) is 10.9 Å². The third-order valence-corrected chi connectivity index (χ3v) is 3.12. The molecule has 1 heterocycles. The molecule has 2 rings (SSSR count). The van der Waals surface area contributed by atoms with Crippen molar-refractivity contribution in [3.05, 3.63) is 24.3 Å². The number of hydrogen-bond donors (Lipinski definition) is 2. The normalized spacial score (nSPS) is 12.4. The highest BCUT2D eigenvalue weighted by molar-refractivity contribution is 5.90. The second-order valence-electron chi connectivity index (χ2n) is 4.91. The molecule has 1 unspecified atom stereocenters. The number of fused-ring (bicyclic) bond motifs is 1. The number of methoxy groups -OCH3 is 1. The molecule has 2 aromatic rings. The van der Waals surface area contributed by atoms with Crippen molar-refractivity contribution in [1.82, 2.24) is 9.97 Å². The Morgan fingerprint density at radius 3 is 2.81 bits per heavy atom. The Balaban J connectivity index is 2.35. The summed E-state index contributed by atoms with van der Waals surface area (Å²) in [5.74, 6) is 1.39. The van der Waals surface area contributed by atoms with Crippen LogP contribution < -0.4 is 10.2 Å². The summed E-state index contributed by atoms with van der Waals surface area (Å²) in [7, 11) is 3.48. The molecule has 2 N–H and O–H groups in total. The molecule has 0 saturated heterocycles. The maximum absolute atomic E-state index is 9.90. The number of nitrogens with one attached hydrogen (secondary N) is 1. The average molecular weight is 290 g/mol. The van der Waals surface area contributed by atoms with Gasteiger partial charge in [-0.15, -0.1) is 0 Å². The lowest BCUT2D eigenvalue weighted by molar-refractivity contribution is 0.0694. The van der Waals surface area contributed by atoms with E-state index in [1.807, 2.05) is 43.1 Å². The van der Waals surface area contributed by atoms with Crippen molar-refractivity contribution in [2.24, 2.45) is 0 Å². The molecule has 1 atom stereocenters. The number of anilines is 2. The predicted octanol–water partition coefficient (Wildman–Crippen LogP) is 1.51. The molecule has 0 aliphatic carbocycles. The molecule has 0 aliphatic rings. The molecule has 6 nitrogen and oxygen atoms in total. The molecule has 114 valence electrons. The summed E-state index contributed by atoms with van der Waals surface area (Å²) < 4.78 is 4.97. The highest BCUT2D eigenvalue weighted by atomic mass is 16.5. The van der Waals surface area contributed by atoms with Gasteiger partial charge in [0.25, 0.3) is 0 Å². The Labute approximate surface area is 124 Å². The van der Waals surface area contributed by atoms with Crippen molar-refractivity contribution in [2.45, 2.75) is 13.0 Å². The maximum atomic E-state index is 9.90. The number of benzene rings is 1. The van der Waals surface area contributed by atoms with E-state index in [-0.39, 0.29) is 0 Å². The number of hydrogen-bond acceptors (Lipinski definition) is 6. The Bertz CT molecular complexity index is 591. The van der Waals surface area contributed by atoms with Gasteiger partial charge in [0, 0.05) is 32.6 Å². The van der Waals surface area contributed by atoms with E-state index in [1.165, 1.54) is 0 Å². The van der Waals surface area contributed by atoms with Crippen LogP contribution in [-0.4, -0.2) is 55.0 Å². The minimum Gasteiger partial charge on any atom is -0.389 e. The van der Waals surface area contributed by atoms with Gasteiger partial charge in [-0.05, 0) is 19.1 Å². The summed E-state index contributed by atoms with van der Waals surface area (Å²) in [4.78, 5) is 11.0. The molecule has 1 aromatic carbocycles. The predicted molar refractivity (Wildman–Crippen MR) is 84.9 cm³/mol. The zero-order valence-electron chi connectivity index (χ0n) is 12.7. The fourth-order valence-electron chi connectivity index (χ4n) is 2.24. The molecule has 6 heteroatoms. The Kier molecular flexibility index (Phi) is 5.30. The minimum atomic E-state index is -0.559. The van der Waals surface area contributed by atoms with Gasteiger partial charge in [0.1, 0.15) is 5.82 Å². The largest absolute Gasteiger partial charge is 0.389 e. The topological polar surface area (TPSA) is 70.5 Å². The van der Waals surface area contributed by atoms with Gasteiger partial charge >= 0.3 is 0 Å². The van der Waals surface area contributed by atoms with Gasteiger partial charge < -0.3 is 20.1 Å². The van der Waals surface area contributed by atoms with E-state index in [9.17, 15) is 5.11 Å². The lowest BCUT2D eigenvalue weighted by Crippen LogP contribution is -2.32. The Morgan fingerprint density at radius 2 is 2.10 bits per heavy atom. The average Bonchev–Trinajstić information content (AvgIpc) is 2.47. The number of aliphatic hydroxyl groups is 1. The summed E-state index contributed by atoms with van der Waals surface area (Å²) >= 11 is 0. The van der Waals surface area contributed by atoms with Gasteiger partial charge in [-0.3, -0.25) is 0 Å². The minimum absolute atomic E-state index is 0.299. The number of nitrogens with zero attached hydrogens (tertiary/aromatic N) is 3. The van der Waals surface area contributed by atoms with Crippen LogP contribution >= 0.6 is 0 Å². The first kappa shape index (κ1) is 15.5. The number of rotatable bonds is 7. The quantitative estimate of drug-likeness (QED) is 0.805. The molecule has 0 aliphatic heterocycles. The molecular weight excluding hydrogens is 268 g/mol.